The van der Waals surface area contributed by atoms with Crippen LogP contribution < -0.4 is 5.73 Å². The number of rotatable bonds is 6. The highest BCUT2D eigenvalue weighted by atomic mass is 32.2. The molecule has 0 aromatic heterocycles. The van der Waals surface area contributed by atoms with Crippen molar-refractivity contribution in [2.45, 2.75) is 45.8 Å². The van der Waals surface area contributed by atoms with Gasteiger partial charge in [-0.3, -0.25) is 4.79 Å². The first-order chi connectivity index (χ1) is 7.90. The fourth-order valence-electron chi connectivity index (χ4n) is 1.69. The van der Waals surface area contributed by atoms with Crippen LogP contribution >= 0.6 is 0 Å². The Morgan fingerprint density at radius 1 is 1.28 bits per heavy atom. The van der Waals surface area contributed by atoms with E-state index in [4.69, 9.17) is 5.73 Å². The molecule has 0 heterocycles. The SMILES string of the molecule is CC(C)C(CN)(CCS(=O)(=O)C(C)(C)C)C(=O)O. The Labute approximate surface area is 110 Å². The zero-order chi connectivity index (χ0) is 14.8. The molecule has 1 atom stereocenters. The highest BCUT2D eigenvalue weighted by molar-refractivity contribution is 7.92. The average molecular weight is 279 g/mol. The van der Waals surface area contributed by atoms with Gasteiger partial charge in [-0.2, -0.15) is 0 Å². The van der Waals surface area contributed by atoms with E-state index in [0.717, 1.165) is 0 Å². The third-order valence-corrected chi connectivity index (χ3v) is 6.25. The van der Waals surface area contributed by atoms with Gasteiger partial charge in [0.15, 0.2) is 9.84 Å². The summed E-state index contributed by atoms with van der Waals surface area (Å²) in [6, 6.07) is 0. The number of nitrogens with two attached hydrogens (primary N) is 1. The van der Waals surface area contributed by atoms with Gasteiger partial charge in [-0.1, -0.05) is 13.8 Å². The molecule has 3 N–H and O–H groups in total. The number of carboxylic acid groups (broad SMARTS) is 1. The molecule has 6 heteroatoms. The molecule has 0 bridgehead atoms. The predicted molar refractivity (Wildman–Crippen MR) is 72.1 cm³/mol. The van der Waals surface area contributed by atoms with Crippen molar-refractivity contribution >= 4 is 15.8 Å². The summed E-state index contributed by atoms with van der Waals surface area (Å²) in [5.41, 5.74) is 4.40. The number of hydrogen-bond donors (Lipinski definition) is 2. The van der Waals surface area contributed by atoms with Gasteiger partial charge in [0.1, 0.15) is 0 Å². The molecule has 0 aromatic rings. The third kappa shape index (κ3) is 3.45. The molecule has 5 nitrogen and oxygen atoms in total. The number of carboxylic acids is 1. The highest BCUT2D eigenvalue weighted by Gasteiger charge is 2.42. The van der Waals surface area contributed by atoms with Crippen molar-refractivity contribution in [3.8, 4) is 0 Å². The van der Waals surface area contributed by atoms with Crippen LogP contribution in [-0.4, -0.2) is 36.5 Å². The Kier molecular flexibility index (Phi) is 5.38. The summed E-state index contributed by atoms with van der Waals surface area (Å²) < 4.78 is 23.2. The molecule has 0 aliphatic rings. The first-order valence-corrected chi connectivity index (χ1v) is 7.71. The van der Waals surface area contributed by atoms with Gasteiger partial charge in [0.2, 0.25) is 0 Å². The molecular weight excluding hydrogens is 254 g/mol. The van der Waals surface area contributed by atoms with Crippen LogP contribution in [0.3, 0.4) is 0 Å². The summed E-state index contributed by atoms with van der Waals surface area (Å²) >= 11 is 0. The Hall–Kier alpha value is -0.620. The Morgan fingerprint density at radius 2 is 1.72 bits per heavy atom. The van der Waals surface area contributed by atoms with E-state index in [2.05, 4.69) is 0 Å². The first kappa shape index (κ1) is 17.4. The van der Waals surface area contributed by atoms with Gasteiger partial charge < -0.3 is 10.8 Å². The molecule has 0 saturated heterocycles. The van der Waals surface area contributed by atoms with Crippen LogP contribution in [-0.2, 0) is 14.6 Å². The quantitative estimate of drug-likeness (QED) is 0.763. The zero-order valence-corrected chi connectivity index (χ0v) is 12.7. The van der Waals surface area contributed by atoms with E-state index >= 15 is 0 Å². The summed E-state index contributed by atoms with van der Waals surface area (Å²) in [7, 11) is -3.33. The molecule has 0 spiro atoms. The Bertz CT molecular complexity index is 395. The lowest BCUT2D eigenvalue weighted by Crippen LogP contribution is -2.45. The van der Waals surface area contributed by atoms with Crippen molar-refractivity contribution in [1.29, 1.82) is 0 Å². The Balaban J connectivity index is 5.14. The monoisotopic (exact) mass is 279 g/mol. The maximum Gasteiger partial charge on any atom is 0.311 e. The molecule has 0 aliphatic carbocycles. The minimum absolute atomic E-state index is 0.0517. The van der Waals surface area contributed by atoms with Crippen molar-refractivity contribution in [2.75, 3.05) is 12.3 Å². The molecule has 0 aliphatic heterocycles. The fraction of sp³-hybridized carbons (Fsp3) is 0.917. The van der Waals surface area contributed by atoms with E-state index in [1.165, 1.54) is 0 Å². The van der Waals surface area contributed by atoms with E-state index in [0.29, 0.717) is 0 Å². The lowest BCUT2D eigenvalue weighted by Gasteiger charge is -2.33. The van der Waals surface area contributed by atoms with Crippen LogP contribution in [0.4, 0.5) is 0 Å². The summed E-state index contributed by atoms with van der Waals surface area (Å²) in [6.45, 7) is 8.29. The molecular formula is C12H25NO4S. The van der Waals surface area contributed by atoms with Gasteiger partial charge >= 0.3 is 5.97 Å². The van der Waals surface area contributed by atoms with Crippen LogP contribution in [0.25, 0.3) is 0 Å². The van der Waals surface area contributed by atoms with E-state index in [1.54, 1.807) is 34.6 Å². The molecule has 108 valence electrons. The van der Waals surface area contributed by atoms with Gasteiger partial charge in [0.25, 0.3) is 0 Å². The molecule has 18 heavy (non-hydrogen) atoms. The van der Waals surface area contributed by atoms with Gasteiger partial charge in [-0.25, -0.2) is 8.42 Å². The number of sulfone groups is 1. The lowest BCUT2D eigenvalue weighted by molar-refractivity contribution is -0.151. The fourth-order valence-corrected chi connectivity index (χ4v) is 2.94. The van der Waals surface area contributed by atoms with Crippen molar-refractivity contribution in [1.82, 2.24) is 0 Å². The number of carbonyl (C=O) groups is 1. The molecule has 0 fully saturated rings. The molecule has 1 unspecified atom stereocenters. The van der Waals surface area contributed by atoms with Crippen molar-refractivity contribution < 1.29 is 18.3 Å². The summed E-state index contributed by atoms with van der Waals surface area (Å²) in [5, 5.41) is 9.32. The van der Waals surface area contributed by atoms with Crippen LogP contribution in [0.15, 0.2) is 0 Å². The zero-order valence-electron chi connectivity index (χ0n) is 11.9. The second-order valence-electron chi connectivity index (χ2n) is 6.00. The third-order valence-electron chi connectivity index (χ3n) is 3.65. The summed E-state index contributed by atoms with van der Waals surface area (Å²) in [4.78, 5) is 11.4. The molecule has 0 rings (SSSR count). The normalized spacial score (nSPS) is 16.6. The van der Waals surface area contributed by atoms with Crippen LogP contribution in [0.5, 0.6) is 0 Å². The van der Waals surface area contributed by atoms with Gasteiger partial charge in [0, 0.05) is 6.54 Å². The topological polar surface area (TPSA) is 97.5 Å². The minimum Gasteiger partial charge on any atom is -0.481 e. The van der Waals surface area contributed by atoms with Gasteiger partial charge in [-0.15, -0.1) is 0 Å². The molecule has 0 amide bonds. The van der Waals surface area contributed by atoms with Gasteiger partial charge in [-0.05, 0) is 33.1 Å². The standard InChI is InChI=1S/C12H25NO4S/c1-9(2)12(8-13,10(14)15)6-7-18(16,17)11(3,4)5/h9H,6-8,13H2,1-5H3,(H,14,15). The largest absolute Gasteiger partial charge is 0.481 e. The maximum absolute atomic E-state index is 12.0. The lowest BCUT2D eigenvalue weighted by atomic mass is 9.75. The minimum atomic E-state index is -3.33. The summed E-state index contributed by atoms with van der Waals surface area (Å²) in [5.74, 6) is -1.39. The highest BCUT2D eigenvalue weighted by Crippen LogP contribution is 2.32. The van der Waals surface area contributed by atoms with Crippen molar-refractivity contribution in [3.63, 3.8) is 0 Å². The second-order valence-corrected chi connectivity index (χ2v) is 8.86. The second kappa shape index (κ2) is 5.57. The van der Waals surface area contributed by atoms with E-state index in [9.17, 15) is 18.3 Å². The first-order valence-electron chi connectivity index (χ1n) is 6.06. The summed E-state index contributed by atoms with van der Waals surface area (Å²) in [6.07, 6.45) is 0.0517. The number of aliphatic carboxylic acids is 1. The number of hydrogen-bond acceptors (Lipinski definition) is 4. The van der Waals surface area contributed by atoms with Crippen molar-refractivity contribution in [3.05, 3.63) is 0 Å². The Morgan fingerprint density at radius 3 is 1.94 bits per heavy atom. The average Bonchev–Trinajstić information content (AvgIpc) is 2.16. The predicted octanol–water partition coefficient (Wildman–Crippen LogP) is 1.28. The van der Waals surface area contributed by atoms with E-state index in [-0.39, 0.29) is 24.6 Å². The van der Waals surface area contributed by atoms with Crippen LogP contribution in [0.2, 0.25) is 0 Å². The van der Waals surface area contributed by atoms with E-state index < -0.39 is 26.0 Å². The molecule has 0 radical (unpaired) electrons. The smallest absolute Gasteiger partial charge is 0.311 e. The van der Waals surface area contributed by atoms with E-state index in [1.807, 2.05) is 0 Å². The van der Waals surface area contributed by atoms with Gasteiger partial charge in [0.05, 0.1) is 15.9 Å². The van der Waals surface area contributed by atoms with Crippen molar-refractivity contribution in [2.24, 2.45) is 17.1 Å². The maximum atomic E-state index is 12.0. The molecule has 0 aromatic carbocycles. The molecule has 0 saturated carbocycles. The van der Waals surface area contributed by atoms with Crippen LogP contribution in [0, 0.1) is 11.3 Å². The van der Waals surface area contributed by atoms with Crippen LogP contribution in [0.1, 0.15) is 41.0 Å².